The molecule has 0 N–H and O–H groups in total. The maximum absolute atomic E-state index is 12.9. The lowest BCUT2D eigenvalue weighted by Gasteiger charge is -2.10. The van der Waals surface area contributed by atoms with Crippen LogP contribution in [0.5, 0.6) is 5.75 Å². The molecule has 0 radical (unpaired) electrons. The normalized spacial score (nSPS) is 11.8. The zero-order valence-electron chi connectivity index (χ0n) is 11.5. The van der Waals surface area contributed by atoms with Crippen molar-refractivity contribution in [1.82, 2.24) is 3.97 Å². The smallest absolute Gasteiger partial charge is 0.269 e. The summed E-state index contributed by atoms with van der Waals surface area (Å²) >= 11 is 9.23. The highest BCUT2D eigenvalue weighted by Gasteiger charge is 2.22. The number of benzene rings is 2. The van der Waals surface area contributed by atoms with Crippen LogP contribution in [0.4, 0.5) is 0 Å². The fourth-order valence-corrected chi connectivity index (χ4v) is 4.78. The number of halogens is 2. The lowest BCUT2D eigenvalue weighted by molar-refractivity contribution is 0.414. The minimum absolute atomic E-state index is 0.167. The molecule has 2 aromatic carbocycles. The highest BCUT2D eigenvalue weighted by Crippen LogP contribution is 2.30. The van der Waals surface area contributed by atoms with Gasteiger partial charge in [0, 0.05) is 21.1 Å². The van der Waals surface area contributed by atoms with Crippen LogP contribution in [-0.4, -0.2) is 19.5 Å². The van der Waals surface area contributed by atoms with Gasteiger partial charge >= 0.3 is 0 Å². The molecule has 0 atom stereocenters. The molecule has 1 aromatic heterocycles. The van der Waals surface area contributed by atoms with E-state index in [0.717, 1.165) is 5.39 Å². The SMILES string of the molecule is COc1ccc(S(=O)(=O)n2ccc3cc(Cl)ccc32)c(Br)c1. The first-order valence-corrected chi connectivity index (χ1v) is 8.90. The van der Waals surface area contributed by atoms with Crippen LogP contribution < -0.4 is 4.74 Å². The third-order valence-electron chi connectivity index (χ3n) is 3.29. The van der Waals surface area contributed by atoms with Crippen LogP contribution in [0.1, 0.15) is 0 Å². The molecule has 4 nitrogen and oxygen atoms in total. The summed E-state index contributed by atoms with van der Waals surface area (Å²) in [7, 11) is -2.19. The summed E-state index contributed by atoms with van der Waals surface area (Å²) in [6, 6.07) is 11.5. The molecule has 0 bridgehead atoms. The molecule has 22 heavy (non-hydrogen) atoms. The predicted octanol–water partition coefficient (Wildman–Crippen LogP) is 4.30. The van der Waals surface area contributed by atoms with Gasteiger partial charge in [-0.3, -0.25) is 0 Å². The van der Waals surface area contributed by atoms with Gasteiger partial charge in [-0.1, -0.05) is 11.6 Å². The third kappa shape index (κ3) is 2.51. The molecule has 0 fully saturated rings. The van der Waals surface area contributed by atoms with Crippen molar-refractivity contribution in [2.45, 2.75) is 4.90 Å². The molecular weight excluding hydrogens is 390 g/mol. The van der Waals surface area contributed by atoms with Crippen LogP contribution in [0.15, 0.2) is 58.0 Å². The molecule has 0 aliphatic rings. The van der Waals surface area contributed by atoms with E-state index >= 15 is 0 Å². The Labute approximate surface area is 141 Å². The van der Waals surface area contributed by atoms with Gasteiger partial charge in [0.2, 0.25) is 0 Å². The summed E-state index contributed by atoms with van der Waals surface area (Å²) < 4.78 is 32.5. The van der Waals surface area contributed by atoms with E-state index in [1.165, 1.54) is 23.3 Å². The third-order valence-corrected chi connectivity index (χ3v) is 6.19. The Kier molecular flexibility index (Phi) is 3.92. The van der Waals surface area contributed by atoms with E-state index in [0.29, 0.717) is 20.8 Å². The highest BCUT2D eigenvalue weighted by molar-refractivity contribution is 9.10. The molecule has 0 aliphatic heterocycles. The molecule has 0 aliphatic carbocycles. The van der Waals surface area contributed by atoms with E-state index in [4.69, 9.17) is 16.3 Å². The molecule has 7 heteroatoms. The molecule has 0 saturated carbocycles. The molecule has 0 saturated heterocycles. The fourth-order valence-electron chi connectivity index (χ4n) is 2.22. The van der Waals surface area contributed by atoms with Crippen LogP contribution in [0.25, 0.3) is 10.9 Å². The lowest BCUT2D eigenvalue weighted by atomic mass is 10.2. The van der Waals surface area contributed by atoms with Crippen molar-refractivity contribution in [3.63, 3.8) is 0 Å². The lowest BCUT2D eigenvalue weighted by Crippen LogP contribution is -2.12. The zero-order chi connectivity index (χ0) is 15.9. The fraction of sp³-hybridized carbons (Fsp3) is 0.0667. The van der Waals surface area contributed by atoms with Gasteiger partial charge in [-0.2, -0.15) is 0 Å². The molecular formula is C15H11BrClNO3S. The van der Waals surface area contributed by atoms with Gasteiger partial charge in [0.25, 0.3) is 10.0 Å². The topological polar surface area (TPSA) is 48.3 Å². The van der Waals surface area contributed by atoms with Crippen molar-refractivity contribution in [3.05, 3.63) is 58.2 Å². The molecule has 0 unspecified atom stereocenters. The van der Waals surface area contributed by atoms with Gasteiger partial charge < -0.3 is 4.74 Å². The molecule has 114 valence electrons. The number of methoxy groups -OCH3 is 1. The maximum atomic E-state index is 12.9. The van der Waals surface area contributed by atoms with E-state index in [-0.39, 0.29) is 4.90 Å². The maximum Gasteiger partial charge on any atom is 0.269 e. The second-order valence-corrected chi connectivity index (χ2v) is 7.69. The van der Waals surface area contributed by atoms with Crippen molar-refractivity contribution >= 4 is 48.5 Å². The zero-order valence-corrected chi connectivity index (χ0v) is 14.6. The van der Waals surface area contributed by atoms with E-state index in [1.807, 2.05) is 0 Å². The summed E-state index contributed by atoms with van der Waals surface area (Å²) in [4.78, 5) is 0.167. The Hall–Kier alpha value is -1.50. The molecule has 1 heterocycles. The van der Waals surface area contributed by atoms with Crippen molar-refractivity contribution < 1.29 is 13.2 Å². The number of aromatic nitrogens is 1. The van der Waals surface area contributed by atoms with E-state index in [9.17, 15) is 8.42 Å². The standard InChI is InChI=1S/C15H11BrClNO3S/c1-21-12-3-5-15(13(16)9-12)22(19,20)18-7-6-10-8-11(17)2-4-14(10)18/h2-9H,1H3. The number of fused-ring (bicyclic) bond motifs is 1. The van der Waals surface area contributed by atoms with Gasteiger partial charge in [0.1, 0.15) is 10.6 Å². The van der Waals surface area contributed by atoms with Crippen molar-refractivity contribution in [1.29, 1.82) is 0 Å². The first-order valence-electron chi connectivity index (χ1n) is 6.29. The summed E-state index contributed by atoms with van der Waals surface area (Å²) in [6.07, 6.45) is 1.52. The quantitative estimate of drug-likeness (QED) is 0.658. The number of rotatable bonds is 3. The van der Waals surface area contributed by atoms with Gasteiger partial charge in [0.05, 0.1) is 12.6 Å². The Morgan fingerprint density at radius 1 is 1.14 bits per heavy atom. The number of hydrogen-bond donors (Lipinski definition) is 0. The van der Waals surface area contributed by atoms with Crippen LogP contribution >= 0.6 is 27.5 Å². The van der Waals surface area contributed by atoms with Crippen LogP contribution in [-0.2, 0) is 10.0 Å². The van der Waals surface area contributed by atoms with Gasteiger partial charge in [-0.15, -0.1) is 0 Å². The van der Waals surface area contributed by atoms with E-state index in [2.05, 4.69) is 15.9 Å². The minimum atomic E-state index is -3.72. The molecule has 0 spiro atoms. The first kappa shape index (κ1) is 15.4. The highest BCUT2D eigenvalue weighted by atomic mass is 79.9. The minimum Gasteiger partial charge on any atom is -0.497 e. The molecule has 3 rings (SSSR count). The average molecular weight is 401 g/mol. The van der Waals surface area contributed by atoms with Crippen LogP contribution in [0.2, 0.25) is 5.02 Å². The van der Waals surface area contributed by atoms with Gasteiger partial charge in [-0.25, -0.2) is 12.4 Å². The second-order valence-electron chi connectivity index (χ2n) is 4.62. The van der Waals surface area contributed by atoms with Gasteiger partial charge in [-0.05, 0) is 58.4 Å². The van der Waals surface area contributed by atoms with E-state index < -0.39 is 10.0 Å². The summed E-state index contributed by atoms with van der Waals surface area (Å²) in [5.74, 6) is 0.579. The summed E-state index contributed by atoms with van der Waals surface area (Å²) in [6.45, 7) is 0. The number of ether oxygens (including phenoxy) is 1. The Morgan fingerprint density at radius 3 is 2.59 bits per heavy atom. The summed E-state index contributed by atoms with van der Waals surface area (Å²) in [5, 5.41) is 1.33. The van der Waals surface area contributed by atoms with Crippen molar-refractivity contribution in [2.75, 3.05) is 7.11 Å². The largest absolute Gasteiger partial charge is 0.497 e. The Balaban J connectivity index is 2.20. The average Bonchev–Trinajstić information content (AvgIpc) is 2.90. The molecule has 3 aromatic rings. The first-order chi connectivity index (χ1) is 10.4. The predicted molar refractivity (Wildman–Crippen MR) is 90.2 cm³/mol. The van der Waals surface area contributed by atoms with Crippen molar-refractivity contribution in [2.24, 2.45) is 0 Å². The van der Waals surface area contributed by atoms with Crippen molar-refractivity contribution in [3.8, 4) is 5.75 Å². The monoisotopic (exact) mass is 399 g/mol. The second kappa shape index (κ2) is 5.61. The Morgan fingerprint density at radius 2 is 1.91 bits per heavy atom. The number of hydrogen-bond acceptors (Lipinski definition) is 3. The summed E-state index contributed by atoms with van der Waals surface area (Å²) in [5.41, 5.74) is 0.576. The van der Waals surface area contributed by atoms with E-state index in [1.54, 1.807) is 36.4 Å². The van der Waals surface area contributed by atoms with Crippen LogP contribution in [0, 0.1) is 0 Å². The Bertz CT molecular complexity index is 966. The molecule has 0 amide bonds. The van der Waals surface area contributed by atoms with Gasteiger partial charge in [0.15, 0.2) is 0 Å². The number of nitrogens with zero attached hydrogens (tertiary/aromatic N) is 1. The van der Waals surface area contributed by atoms with Crippen LogP contribution in [0.3, 0.4) is 0 Å².